The Morgan fingerprint density at radius 3 is 0.787 bits per heavy atom. The van der Waals surface area contributed by atoms with Crippen molar-refractivity contribution in [3.05, 3.63) is 319 Å². The fourth-order valence-electron chi connectivity index (χ4n) is 13.9. The van der Waals surface area contributed by atoms with E-state index < -0.39 is 0 Å². The van der Waals surface area contributed by atoms with Crippen LogP contribution < -0.4 is 9.80 Å². The lowest BCUT2D eigenvalue weighted by molar-refractivity contribution is 1.05. The Morgan fingerprint density at radius 1 is 0.258 bits per heavy atom. The van der Waals surface area contributed by atoms with Gasteiger partial charge in [-0.3, -0.25) is 0 Å². The van der Waals surface area contributed by atoms with Gasteiger partial charge in [-0.05, 0) is 172 Å². The number of para-hydroxylation sites is 4. The van der Waals surface area contributed by atoms with E-state index in [4.69, 9.17) is 0 Å². The number of rotatable bonds is 11. The molecule has 0 fully saturated rings. The molecule has 0 aliphatic carbocycles. The number of aryl methyl sites for hydroxylation is 4. The van der Waals surface area contributed by atoms with Crippen LogP contribution in [0.5, 0.6) is 0 Å². The summed E-state index contributed by atoms with van der Waals surface area (Å²) in [5.41, 5.74) is 23.9. The van der Waals surface area contributed by atoms with Crippen LogP contribution in [0.2, 0.25) is 0 Å². The molecule has 6 heteroatoms. The van der Waals surface area contributed by atoms with Crippen molar-refractivity contribution >= 4 is 99.5 Å². The maximum absolute atomic E-state index is 12.6. The zero-order valence-corrected chi connectivity index (χ0v) is 49.9. The smallest absolute Gasteiger partial charge is 0.101 e. The summed E-state index contributed by atoms with van der Waals surface area (Å²) >= 11 is 0. The number of fused-ring (bicyclic) bond motifs is 9. The lowest BCUT2D eigenvalue weighted by atomic mass is 9.87. The van der Waals surface area contributed by atoms with Crippen molar-refractivity contribution < 1.29 is 0 Å². The van der Waals surface area contributed by atoms with Gasteiger partial charge in [0.05, 0.1) is 55.7 Å². The molecule has 0 atom stereocenters. The van der Waals surface area contributed by atoms with Crippen molar-refractivity contribution in [2.45, 2.75) is 27.7 Å². The van der Waals surface area contributed by atoms with E-state index in [1.165, 1.54) is 22.3 Å². The molecule has 16 aromatic rings. The van der Waals surface area contributed by atoms with Crippen LogP contribution in [0.1, 0.15) is 27.8 Å². The molecule has 89 heavy (non-hydrogen) atoms. The maximum atomic E-state index is 12.6. The Kier molecular flexibility index (Phi) is 12.7. The zero-order valence-electron chi connectivity index (χ0n) is 49.9. The molecular weight excluding hydrogens is 1080 g/mol. The van der Waals surface area contributed by atoms with Gasteiger partial charge in [0, 0.05) is 77.6 Å². The third kappa shape index (κ3) is 8.69. The second kappa shape index (κ2) is 21.4. The molecule has 3 heterocycles. The Balaban J connectivity index is 1.18. The van der Waals surface area contributed by atoms with Crippen LogP contribution in [-0.2, 0) is 0 Å². The molecule has 0 N–H and O–H groups in total. The minimum atomic E-state index is 0.577. The van der Waals surface area contributed by atoms with Crippen LogP contribution in [0.25, 0.3) is 105 Å². The summed E-state index contributed by atoms with van der Waals surface area (Å²) in [6.45, 7) is 8.72. The summed E-state index contributed by atoms with van der Waals surface area (Å²) in [4.78, 5) is 4.72. The number of benzene rings is 13. The van der Waals surface area contributed by atoms with Gasteiger partial charge < -0.3 is 23.5 Å². The van der Waals surface area contributed by atoms with Gasteiger partial charge in [-0.15, -0.1) is 0 Å². The fourth-order valence-corrected chi connectivity index (χ4v) is 13.9. The standard InChI is InChI=1S/C83H60N6/c1-54-35-41-73-66(47-54)67-48-55(2)36-42-74(67)87(73)81-79(58-23-11-5-12-24-58)72(53-84)80(59-25-13-6-14-26-59)82(88-75-43-37-56(3)49-68(75)69-50-57(4)38-44-76(69)88)83(81)89-77-45-39-64(85(60-27-15-7-16-28-60)61-29-17-8-18-30-61)51-70(77)71-52-65(40-46-78(71)89)86(62-31-19-9-20-32-62)63-33-21-10-22-34-63/h5-52H,1-4H3. The van der Waals surface area contributed by atoms with Crippen molar-refractivity contribution in [2.75, 3.05) is 9.80 Å². The minimum absolute atomic E-state index is 0.577. The number of hydrogen-bond donors (Lipinski definition) is 0. The SMILES string of the molecule is Cc1ccc2c(c1)c1cc(C)ccc1n2-c1c(-c2ccccc2)c(C#N)c(-c2ccccc2)c(-n2c3ccc(C)cc3c3cc(C)ccc32)c1-n1c2ccc(N(c3ccccc3)c3ccccc3)cc2c2cc(N(c3ccccc3)c3ccccc3)ccc21. The third-order valence-corrected chi connectivity index (χ3v) is 17.8. The number of nitriles is 1. The summed E-state index contributed by atoms with van der Waals surface area (Å²) < 4.78 is 7.53. The second-order valence-electron chi connectivity index (χ2n) is 23.5. The number of hydrogen-bond acceptors (Lipinski definition) is 3. The molecule has 422 valence electrons. The van der Waals surface area contributed by atoms with Crippen LogP contribution in [0.15, 0.2) is 291 Å². The molecule has 0 unspecified atom stereocenters. The van der Waals surface area contributed by atoms with Gasteiger partial charge in [-0.2, -0.15) is 5.26 Å². The first-order valence-corrected chi connectivity index (χ1v) is 30.5. The van der Waals surface area contributed by atoms with Gasteiger partial charge in [0.1, 0.15) is 6.07 Å². The van der Waals surface area contributed by atoms with Gasteiger partial charge in [-0.25, -0.2) is 0 Å². The van der Waals surface area contributed by atoms with Crippen molar-refractivity contribution in [3.63, 3.8) is 0 Å². The highest BCUT2D eigenvalue weighted by atomic mass is 15.2. The number of anilines is 6. The zero-order chi connectivity index (χ0) is 59.9. The molecule has 0 saturated carbocycles. The van der Waals surface area contributed by atoms with Gasteiger partial charge in [-0.1, -0.05) is 180 Å². The van der Waals surface area contributed by atoms with Crippen molar-refractivity contribution in [2.24, 2.45) is 0 Å². The quantitative estimate of drug-likeness (QED) is 0.130. The van der Waals surface area contributed by atoms with Crippen LogP contribution in [0.4, 0.5) is 34.1 Å². The number of nitrogens with zero attached hydrogens (tertiary/aromatic N) is 6. The average molecular weight is 1140 g/mol. The molecule has 16 rings (SSSR count). The van der Waals surface area contributed by atoms with Gasteiger partial charge in [0.15, 0.2) is 0 Å². The molecule has 0 aliphatic heterocycles. The molecule has 3 aromatic heterocycles. The Labute approximate surface area is 517 Å². The van der Waals surface area contributed by atoms with E-state index in [1.54, 1.807) is 0 Å². The van der Waals surface area contributed by atoms with Crippen LogP contribution in [-0.4, -0.2) is 13.7 Å². The van der Waals surface area contributed by atoms with E-state index in [0.29, 0.717) is 5.56 Å². The fraction of sp³-hybridized carbons (Fsp3) is 0.0482. The number of aromatic nitrogens is 3. The summed E-state index contributed by atoms with van der Waals surface area (Å²) in [6.07, 6.45) is 0. The highest BCUT2D eigenvalue weighted by Crippen LogP contribution is 2.53. The highest BCUT2D eigenvalue weighted by molar-refractivity contribution is 6.17. The molecular formula is C83H60N6. The first-order valence-electron chi connectivity index (χ1n) is 30.5. The maximum Gasteiger partial charge on any atom is 0.101 e. The van der Waals surface area contributed by atoms with Crippen LogP contribution >= 0.6 is 0 Å². The van der Waals surface area contributed by atoms with Crippen molar-refractivity contribution in [1.82, 2.24) is 13.7 Å². The summed E-state index contributed by atoms with van der Waals surface area (Å²) in [7, 11) is 0. The second-order valence-corrected chi connectivity index (χ2v) is 23.5. The molecule has 0 saturated heterocycles. The molecule has 6 nitrogen and oxygen atoms in total. The molecule has 0 spiro atoms. The molecule has 0 amide bonds. The lowest BCUT2D eigenvalue weighted by Gasteiger charge is -2.29. The van der Waals surface area contributed by atoms with Gasteiger partial charge >= 0.3 is 0 Å². The van der Waals surface area contributed by atoms with Gasteiger partial charge in [0.2, 0.25) is 0 Å². The van der Waals surface area contributed by atoms with Crippen LogP contribution in [0.3, 0.4) is 0 Å². The van der Waals surface area contributed by atoms with E-state index in [0.717, 1.165) is 139 Å². The Bertz CT molecular complexity index is 4940. The monoisotopic (exact) mass is 1140 g/mol. The highest BCUT2D eigenvalue weighted by Gasteiger charge is 2.34. The van der Waals surface area contributed by atoms with E-state index >= 15 is 0 Å². The van der Waals surface area contributed by atoms with Crippen molar-refractivity contribution in [1.29, 1.82) is 5.26 Å². The summed E-state index contributed by atoms with van der Waals surface area (Å²) in [5, 5.41) is 19.3. The van der Waals surface area contributed by atoms with E-state index in [-0.39, 0.29) is 0 Å². The van der Waals surface area contributed by atoms with Crippen LogP contribution in [0, 0.1) is 39.0 Å². The van der Waals surface area contributed by atoms with E-state index in [2.05, 4.69) is 348 Å². The van der Waals surface area contributed by atoms with Crippen molar-refractivity contribution in [3.8, 4) is 45.4 Å². The predicted molar refractivity (Wildman–Crippen MR) is 373 cm³/mol. The minimum Gasteiger partial charge on any atom is -0.310 e. The summed E-state index contributed by atoms with van der Waals surface area (Å²) in [6, 6.07) is 108. The van der Waals surface area contributed by atoms with E-state index in [1.807, 2.05) is 0 Å². The van der Waals surface area contributed by atoms with E-state index in [9.17, 15) is 5.26 Å². The average Bonchev–Trinajstić information content (AvgIpc) is 1.65. The molecule has 0 radical (unpaired) electrons. The topological polar surface area (TPSA) is 45.1 Å². The third-order valence-electron chi connectivity index (χ3n) is 17.8. The normalized spacial score (nSPS) is 11.6. The lowest BCUT2D eigenvalue weighted by Crippen LogP contribution is -2.14. The predicted octanol–water partition coefficient (Wildman–Crippen LogP) is 22.4. The first kappa shape index (κ1) is 52.9. The largest absolute Gasteiger partial charge is 0.310 e. The Morgan fingerprint density at radius 2 is 0.506 bits per heavy atom. The van der Waals surface area contributed by atoms with Gasteiger partial charge in [0.25, 0.3) is 0 Å². The molecule has 0 aliphatic rings. The molecule has 0 bridgehead atoms. The molecule has 13 aromatic carbocycles. The first-order chi connectivity index (χ1) is 43.8. The summed E-state index contributed by atoms with van der Waals surface area (Å²) in [5.74, 6) is 0. The Hall–Kier alpha value is -11.7.